The monoisotopic (exact) mass is 383 g/mol. The van der Waals surface area contributed by atoms with Gasteiger partial charge in [0.15, 0.2) is 5.75 Å². The normalized spacial score (nSPS) is 11.7. The molecule has 4 rings (SSSR count). The number of nitrogens with zero attached hydrogens (tertiary/aromatic N) is 2. The summed E-state index contributed by atoms with van der Waals surface area (Å²) in [6, 6.07) is 16.7. The van der Waals surface area contributed by atoms with E-state index in [4.69, 9.17) is 4.74 Å². The van der Waals surface area contributed by atoms with Gasteiger partial charge in [-0.2, -0.15) is 18.3 Å². The molecule has 0 saturated heterocycles. The van der Waals surface area contributed by atoms with Crippen LogP contribution < -0.4 is 4.74 Å². The van der Waals surface area contributed by atoms with E-state index < -0.39 is 11.7 Å². The first kappa shape index (κ1) is 17.9. The van der Waals surface area contributed by atoms with E-state index in [2.05, 4.69) is 5.10 Å². The summed E-state index contributed by atoms with van der Waals surface area (Å²) in [5, 5.41) is 16.9. The molecule has 0 amide bonds. The third-order valence-corrected chi connectivity index (χ3v) is 4.38. The minimum Gasteiger partial charge on any atom is -0.485 e. The van der Waals surface area contributed by atoms with Crippen LogP contribution in [0.5, 0.6) is 11.5 Å². The maximum absolute atomic E-state index is 12.8. The molecule has 7 heteroatoms. The number of halogens is 3. The molecule has 0 aliphatic rings. The van der Waals surface area contributed by atoms with Crippen LogP contribution in [-0.2, 0) is 17.9 Å². The van der Waals surface area contributed by atoms with Crippen molar-refractivity contribution in [1.29, 1.82) is 0 Å². The Balaban J connectivity index is 1.64. The van der Waals surface area contributed by atoms with E-state index >= 15 is 0 Å². The Morgan fingerprint density at radius 2 is 1.68 bits per heavy atom. The van der Waals surface area contributed by atoms with Crippen molar-refractivity contribution in [1.82, 2.24) is 9.78 Å². The zero-order valence-electron chi connectivity index (χ0n) is 14.5. The fourth-order valence-corrected chi connectivity index (χ4v) is 2.96. The Morgan fingerprint density at radius 1 is 0.929 bits per heavy atom. The number of rotatable bonds is 4. The van der Waals surface area contributed by atoms with Gasteiger partial charge >= 0.3 is 6.18 Å². The molecule has 1 aromatic heterocycles. The van der Waals surface area contributed by atoms with Crippen LogP contribution in [-0.4, -0.2) is 9.78 Å². The molecule has 3 aromatic carbocycles. The molecule has 0 bridgehead atoms. The van der Waals surface area contributed by atoms with Gasteiger partial charge in [-0.15, -0.1) is 0 Å². The van der Waals surface area contributed by atoms with E-state index in [1.807, 2.05) is 18.2 Å². The summed E-state index contributed by atoms with van der Waals surface area (Å²) >= 11 is 0. The molecule has 0 atom stereocenters. The smallest absolute Gasteiger partial charge is 0.416 e. The Kier molecular flexibility index (Phi) is 4.43. The van der Waals surface area contributed by atoms with Crippen LogP contribution in [0.25, 0.3) is 16.6 Å². The lowest BCUT2D eigenvalue weighted by molar-refractivity contribution is -0.137. The topological polar surface area (TPSA) is 46.9 Å². The van der Waals surface area contributed by atoms with Crippen molar-refractivity contribution in [2.75, 3.05) is 0 Å². The van der Waals surface area contributed by atoms with Gasteiger partial charge in [-0.3, -0.25) is 5.11 Å². The third-order valence-electron chi connectivity index (χ3n) is 4.38. The Labute approximate surface area is 158 Å². The number of fused-ring (bicyclic) bond motifs is 1. The molecule has 0 N–H and O–H groups in total. The molecule has 4 nitrogen and oxygen atoms in total. The lowest BCUT2D eigenvalue weighted by Crippen LogP contribution is -2.05. The summed E-state index contributed by atoms with van der Waals surface area (Å²) < 4.78 is 45.5. The minimum absolute atomic E-state index is 0.176. The van der Waals surface area contributed by atoms with E-state index in [9.17, 15) is 18.3 Å². The first-order chi connectivity index (χ1) is 13.4. The standard InChI is InChI=1S/C21H14F3N2O2/c22-21(23,24)15-8-10-16(11-9-15)26-18-5-3-4-14(17(18)12-25-26)13-28-20-7-2-1-6-19(20)27/h1-12H,13H2. The van der Waals surface area contributed by atoms with Crippen molar-refractivity contribution < 1.29 is 23.0 Å². The molecule has 0 aliphatic heterocycles. The summed E-state index contributed by atoms with van der Waals surface area (Å²) in [6.45, 7) is 0.176. The zero-order chi connectivity index (χ0) is 19.7. The molecule has 28 heavy (non-hydrogen) atoms. The second-order valence-electron chi connectivity index (χ2n) is 6.19. The highest BCUT2D eigenvalue weighted by molar-refractivity contribution is 5.83. The van der Waals surface area contributed by atoms with Gasteiger partial charge in [-0.25, -0.2) is 4.68 Å². The van der Waals surface area contributed by atoms with E-state index in [1.165, 1.54) is 18.2 Å². The first-order valence-electron chi connectivity index (χ1n) is 8.45. The maximum atomic E-state index is 12.8. The van der Waals surface area contributed by atoms with Crippen LogP contribution in [0.2, 0.25) is 0 Å². The predicted octanol–water partition coefficient (Wildman–Crippen LogP) is 5.77. The fraction of sp³-hybridized carbons (Fsp3) is 0.0952. The summed E-state index contributed by atoms with van der Waals surface area (Å²) in [4.78, 5) is 0. The van der Waals surface area contributed by atoms with Gasteiger partial charge in [-0.1, -0.05) is 24.3 Å². The zero-order valence-corrected chi connectivity index (χ0v) is 14.5. The molecule has 4 aromatic rings. The molecule has 1 radical (unpaired) electrons. The van der Waals surface area contributed by atoms with Crippen molar-refractivity contribution in [3.8, 4) is 17.2 Å². The second-order valence-corrected chi connectivity index (χ2v) is 6.19. The van der Waals surface area contributed by atoms with Gasteiger partial charge < -0.3 is 4.74 Å². The molecule has 141 valence electrons. The first-order valence-corrected chi connectivity index (χ1v) is 8.45. The van der Waals surface area contributed by atoms with E-state index in [0.717, 1.165) is 28.6 Å². The maximum Gasteiger partial charge on any atom is 0.416 e. The minimum atomic E-state index is -4.38. The summed E-state index contributed by atoms with van der Waals surface area (Å²) in [5.41, 5.74) is 1.36. The Hall–Kier alpha value is -3.48. The third kappa shape index (κ3) is 3.38. The highest BCUT2D eigenvalue weighted by atomic mass is 19.4. The van der Waals surface area contributed by atoms with Crippen LogP contribution in [0, 0.1) is 0 Å². The molecule has 0 aliphatic carbocycles. The molecule has 0 spiro atoms. The van der Waals surface area contributed by atoms with Crippen LogP contribution in [0.4, 0.5) is 13.2 Å². The summed E-state index contributed by atoms with van der Waals surface area (Å²) in [6.07, 6.45) is -2.75. The number of benzene rings is 3. The average Bonchev–Trinajstić information content (AvgIpc) is 3.11. The molecule has 0 fully saturated rings. The van der Waals surface area contributed by atoms with Gasteiger partial charge in [0, 0.05) is 10.9 Å². The van der Waals surface area contributed by atoms with Crippen LogP contribution >= 0.6 is 0 Å². The highest BCUT2D eigenvalue weighted by Crippen LogP contribution is 2.31. The number of aromatic nitrogens is 2. The number of hydrogen-bond donors (Lipinski definition) is 0. The number of para-hydroxylation sites is 2. The average molecular weight is 383 g/mol. The van der Waals surface area contributed by atoms with E-state index in [0.29, 0.717) is 5.69 Å². The largest absolute Gasteiger partial charge is 0.485 e. The Morgan fingerprint density at radius 3 is 2.39 bits per heavy atom. The van der Waals surface area contributed by atoms with E-state index in [-0.39, 0.29) is 18.1 Å². The molecule has 0 unspecified atom stereocenters. The number of hydrogen-bond acceptors (Lipinski definition) is 2. The second kappa shape index (κ2) is 6.92. The molecule has 1 heterocycles. The number of ether oxygens (including phenoxy) is 1. The van der Waals surface area contributed by atoms with Crippen LogP contribution in [0.15, 0.2) is 72.9 Å². The summed E-state index contributed by atoms with van der Waals surface area (Å²) in [7, 11) is 0. The molecule has 0 saturated carbocycles. The fourth-order valence-electron chi connectivity index (χ4n) is 2.96. The Bertz CT molecular complexity index is 1120. The van der Waals surface area contributed by atoms with Gasteiger partial charge in [0.05, 0.1) is 23.0 Å². The SMILES string of the molecule is [O]c1ccccc1OCc1cccc2c1cnn2-c1ccc(C(F)(F)F)cc1. The lowest BCUT2D eigenvalue weighted by atomic mass is 10.1. The van der Waals surface area contributed by atoms with Crippen molar-refractivity contribution in [3.63, 3.8) is 0 Å². The quantitative estimate of drug-likeness (QED) is 0.449. The molecular weight excluding hydrogens is 369 g/mol. The van der Waals surface area contributed by atoms with Gasteiger partial charge in [0.2, 0.25) is 5.75 Å². The number of alkyl halides is 3. The van der Waals surface area contributed by atoms with Gasteiger partial charge in [0.1, 0.15) is 6.61 Å². The van der Waals surface area contributed by atoms with Crippen LogP contribution in [0.3, 0.4) is 0 Å². The van der Waals surface area contributed by atoms with Crippen molar-refractivity contribution in [2.45, 2.75) is 12.8 Å². The highest BCUT2D eigenvalue weighted by Gasteiger charge is 2.30. The van der Waals surface area contributed by atoms with E-state index in [1.54, 1.807) is 29.1 Å². The summed E-state index contributed by atoms with van der Waals surface area (Å²) in [5.74, 6) is 0.0600. The van der Waals surface area contributed by atoms with Crippen molar-refractivity contribution in [2.24, 2.45) is 0 Å². The van der Waals surface area contributed by atoms with Crippen molar-refractivity contribution in [3.05, 3.63) is 84.1 Å². The van der Waals surface area contributed by atoms with Gasteiger partial charge in [-0.05, 0) is 42.5 Å². The van der Waals surface area contributed by atoms with Crippen molar-refractivity contribution >= 4 is 10.9 Å². The van der Waals surface area contributed by atoms with Crippen LogP contribution in [0.1, 0.15) is 11.1 Å². The van der Waals surface area contributed by atoms with Gasteiger partial charge in [0.25, 0.3) is 0 Å². The molecular formula is C21H14F3N2O2. The lowest BCUT2D eigenvalue weighted by Gasteiger charge is -2.09. The predicted molar refractivity (Wildman–Crippen MR) is 97.0 cm³/mol.